The number of likely N-dealkylation sites (tertiary alicyclic amines) is 1. The molecule has 0 aromatic carbocycles. The molecule has 11 heavy (non-hydrogen) atoms. The van der Waals surface area contributed by atoms with Crippen LogP contribution in [0.1, 0.15) is 26.2 Å². The molecule has 2 nitrogen and oxygen atoms in total. The van der Waals surface area contributed by atoms with Crippen molar-refractivity contribution in [3.63, 3.8) is 0 Å². The number of nitrogens with zero attached hydrogens (tertiary/aromatic N) is 1. The van der Waals surface area contributed by atoms with E-state index in [-0.39, 0.29) is 0 Å². The van der Waals surface area contributed by atoms with Gasteiger partial charge in [0, 0.05) is 26.3 Å². The van der Waals surface area contributed by atoms with E-state index < -0.39 is 0 Å². The van der Waals surface area contributed by atoms with Crippen LogP contribution in [-0.4, -0.2) is 30.7 Å². The maximum absolute atomic E-state index is 5.29. The number of hydrogen-bond donors (Lipinski definition) is 0. The van der Waals surface area contributed by atoms with Crippen LogP contribution in [0.4, 0.5) is 0 Å². The van der Waals surface area contributed by atoms with Crippen LogP contribution in [0.2, 0.25) is 0 Å². The third-order valence-electron chi connectivity index (χ3n) is 2.30. The normalized spacial score (nSPS) is 26.2. The summed E-state index contributed by atoms with van der Waals surface area (Å²) in [6.07, 6.45) is 3.76. The Bertz CT molecular complexity index is 106. The van der Waals surface area contributed by atoms with Gasteiger partial charge in [-0.05, 0) is 32.7 Å². The monoisotopic (exact) mass is 156 g/mol. The number of hydrogen-bond acceptors (Lipinski definition) is 2. The zero-order valence-corrected chi connectivity index (χ0v) is 7.38. The third kappa shape index (κ3) is 2.80. The Balaban J connectivity index is 2.05. The highest BCUT2D eigenvalue weighted by Gasteiger charge is 2.19. The fourth-order valence-corrected chi connectivity index (χ4v) is 1.59. The predicted molar refractivity (Wildman–Crippen MR) is 46.2 cm³/mol. The van der Waals surface area contributed by atoms with Crippen molar-refractivity contribution >= 4 is 0 Å². The van der Waals surface area contributed by atoms with Crippen LogP contribution in [0.15, 0.2) is 0 Å². The van der Waals surface area contributed by atoms with E-state index in [2.05, 4.69) is 11.9 Å². The third-order valence-corrected chi connectivity index (χ3v) is 2.30. The van der Waals surface area contributed by atoms with Crippen molar-refractivity contribution in [3.05, 3.63) is 7.05 Å². The predicted octanol–water partition coefficient (Wildman–Crippen LogP) is 1.67. The lowest BCUT2D eigenvalue weighted by molar-refractivity contribution is 0.127. The Morgan fingerprint density at radius 3 is 3.00 bits per heavy atom. The van der Waals surface area contributed by atoms with Crippen molar-refractivity contribution in [2.45, 2.75) is 32.2 Å². The highest BCUT2D eigenvalue weighted by atomic mass is 16.5. The van der Waals surface area contributed by atoms with Crippen LogP contribution in [0, 0.1) is 7.05 Å². The molecule has 1 fully saturated rings. The molecular weight excluding hydrogens is 138 g/mol. The second-order valence-electron chi connectivity index (χ2n) is 3.09. The quantitative estimate of drug-likeness (QED) is 0.574. The first-order valence-corrected chi connectivity index (χ1v) is 4.49. The molecule has 0 aromatic heterocycles. The van der Waals surface area contributed by atoms with E-state index in [0.29, 0.717) is 6.04 Å². The molecule has 0 bridgehead atoms. The first-order chi connectivity index (χ1) is 5.34. The van der Waals surface area contributed by atoms with E-state index in [0.717, 1.165) is 26.2 Å². The summed E-state index contributed by atoms with van der Waals surface area (Å²) in [5.41, 5.74) is 0. The summed E-state index contributed by atoms with van der Waals surface area (Å²) < 4.78 is 5.29. The van der Waals surface area contributed by atoms with Crippen LogP contribution in [0.25, 0.3) is 0 Å². The van der Waals surface area contributed by atoms with Gasteiger partial charge in [0.25, 0.3) is 0 Å². The Kier molecular flexibility index (Phi) is 3.87. The van der Waals surface area contributed by atoms with E-state index >= 15 is 0 Å². The van der Waals surface area contributed by atoms with Crippen molar-refractivity contribution in [2.75, 3.05) is 19.8 Å². The molecule has 1 rings (SSSR count). The van der Waals surface area contributed by atoms with Crippen LogP contribution < -0.4 is 0 Å². The van der Waals surface area contributed by atoms with Gasteiger partial charge in [0.15, 0.2) is 0 Å². The molecule has 0 N–H and O–H groups in total. The average molecular weight is 156 g/mol. The SMILES string of the molecule is [CH2]N1CCCC1CCOCC. The smallest absolute Gasteiger partial charge is 0.0480 e. The fraction of sp³-hybridized carbons (Fsp3) is 0.889. The molecule has 1 saturated heterocycles. The summed E-state index contributed by atoms with van der Waals surface area (Å²) in [7, 11) is 3.98. The Hall–Kier alpha value is -0.0800. The van der Waals surface area contributed by atoms with E-state index in [1.54, 1.807) is 0 Å². The maximum Gasteiger partial charge on any atom is 0.0480 e. The van der Waals surface area contributed by atoms with Gasteiger partial charge in [-0.1, -0.05) is 0 Å². The van der Waals surface area contributed by atoms with Crippen molar-refractivity contribution in [2.24, 2.45) is 0 Å². The van der Waals surface area contributed by atoms with E-state index in [9.17, 15) is 0 Å². The zero-order valence-electron chi connectivity index (χ0n) is 7.38. The van der Waals surface area contributed by atoms with Crippen molar-refractivity contribution in [1.29, 1.82) is 0 Å². The lowest BCUT2D eigenvalue weighted by Gasteiger charge is -2.18. The second kappa shape index (κ2) is 4.73. The molecule has 0 spiro atoms. The van der Waals surface area contributed by atoms with Gasteiger partial charge in [-0.25, -0.2) is 0 Å². The molecule has 1 aliphatic rings. The van der Waals surface area contributed by atoms with E-state index in [1.807, 2.05) is 6.92 Å². The summed E-state index contributed by atoms with van der Waals surface area (Å²) in [6, 6.07) is 0.682. The Labute approximate surface area is 69.5 Å². The molecule has 0 aliphatic carbocycles. The lowest BCUT2D eigenvalue weighted by Crippen LogP contribution is -2.24. The topological polar surface area (TPSA) is 12.5 Å². The molecule has 0 amide bonds. The average Bonchev–Trinajstić information content (AvgIpc) is 2.37. The van der Waals surface area contributed by atoms with Crippen molar-refractivity contribution in [3.8, 4) is 0 Å². The van der Waals surface area contributed by atoms with Crippen molar-refractivity contribution < 1.29 is 4.74 Å². The van der Waals surface area contributed by atoms with Gasteiger partial charge in [-0.15, -0.1) is 0 Å². The number of rotatable bonds is 4. The van der Waals surface area contributed by atoms with Crippen LogP contribution in [0.5, 0.6) is 0 Å². The van der Waals surface area contributed by atoms with E-state index in [4.69, 9.17) is 4.74 Å². The Morgan fingerprint density at radius 1 is 1.64 bits per heavy atom. The molecule has 1 heterocycles. The molecule has 0 saturated carbocycles. The summed E-state index contributed by atoms with van der Waals surface area (Å²) in [6.45, 7) is 4.93. The first kappa shape index (κ1) is 9.01. The second-order valence-corrected chi connectivity index (χ2v) is 3.09. The molecule has 0 aromatic rings. The van der Waals surface area contributed by atoms with Crippen LogP contribution in [0.3, 0.4) is 0 Å². The summed E-state index contributed by atoms with van der Waals surface area (Å²) in [4.78, 5) is 2.19. The standard InChI is InChI=1S/C9H18NO/c1-3-11-8-6-9-5-4-7-10(9)2/h9H,2-8H2,1H3. The highest BCUT2D eigenvalue weighted by Crippen LogP contribution is 2.18. The van der Waals surface area contributed by atoms with Gasteiger partial charge >= 0.3 is 0 Å². The van der Waals surface area contributed by atoms with Gasteiger partial charge in [0.05, 0.1) is 0 Å². The molecular formula is C9H18NO. The molecule has 65 valence electrons. The van der Waals surface area contributed by atoms with Crippen LogP contribution in [-0.2, 0) is 4.74 Å². The fourth-order valence-electron chi connectivity index (χ4n) is 1.59. The van der Waals surface area contributed by atoms with E-state index in [1.165, 1.54) is 12.8 Å². The minimum atomic E-state index is 0.682. The molecule has 1 unspecified atom stereocenters. The number of ether oxygens (including phenoxy) is 1. The summed E-state index contributed by atoms with van der Waals surface area (Å²) in [5.74, 6) is 0. The molecule has 1 aliphatic heterocycles. The summed E-state index contributed by atoms with van der Waals surface area (Å²) >= 11 is 0. The van der Waals surface area contributed by atoms with Crippen LogP contribution >= 0.6 is 0 Å². The zero-order chi connectivity index (χ0) is 8.10. The maximum atomic E-state index is 5.29. The van der Waals surface area contributed by atoms with Gasteiger partial charge < -0.3 is 4.74 Å². The molecule has 1 atom stereocenters. The Morgan fingerprint density at radius 2 is 2.45 bits per heavy atom. The van der Waals surface area contributed by atoms with Gasteiger partial charge in [0.2, 0.25) is 0 Å². The minimum Gasteiger partial charge on any atom is -0.382 e. The lowest BCUT2D eigenvalue weighted by atomic mass is 10.1. The largest absolute Gasteiger partial charge is 0.382 e. The first-order valence-electron chi connectivity index (χ1n) is 4.49. The minimum absolute atomic E-state index is 0.682. The van der Waals surface area contributed by atoms with Crippen molar-refractivity contribution in [1.82, 2.24) is 4.90 Å². The van der Waals surface area contributed by atoms with Gasteiger partial charge in [-0.3, -0.25) is 4.90 Å². The molecule has 2 heteroatoms. The van der Waals surface area contributed by atoms with Gasteiger partial charge in [0.1, 0.15) is 0 Å². The van der Waals surface area contributed by atoms with Gasteiger partial charge in [-0.2, -0.15) is 0 Å². The summed E-state index contributed by atoms with van der Waals surface area (Å²) in [5, 5.41) is 0. The highest BCUT2D eigenvalue weighted by molar-refractivity contribution is 4.77. The molecule has 1 radical (unpaired) electrons.